The second-order valence-electron chi connectivity index (χ2n) is 5.12. The minimum Gasteiger partial charge on any atom is -0.353 e. The maximum absolute atomic E-state index is 11.8. The highest BCUT2D eigenvalue weighted by Gasteiger charge is 2.20. The van der Waals surface area contributed by atoms with E-state index in [1.807, 2.05) is 13.8 Å². The molecule has 5 heteroatoms. The third kappa shape index (κ3) is 6.57. The van der Waals surface area contributed by atoms with Gasteiger partial charge in [0.05, 0.1) is 6.54 Å². The third-order valence-corrected chi connectivity index (χ3v) is 3.26. The lowest BCUT2D eigenvalue weighted by Gasteiger charge is -2.29. The molecule has 1 aliphatic heterocycles. The van der Waals surface area contributed by atoms with E-state index in [9.17, 15) is 4.79 Å². The highest BCUT2D eigenvalue weighted by atomic mass is 35.5. The maximum Gasteiger partial charge on any atom is 0.234 e. The highest BCUT2D eigenvalue weighted by molar-refractivity contribution is 5.85. The Hall–Kier alpha value is -0.320. The van der Waals surface area contributed by atoms with E-state index in [4.69, 9.17) is 0 Å². The molecule has 1 saturated heterocycles. The number of nitrogens with zero attached hydrogens (tertiary/aromatic N) is 1. The van der Waals surface area contributed by atoms with Crippen LogP contribution in [0.1, 0.15) is 40.0 Å². The van der Waals surface area contributed by atoms with Crippen molar-refractivity contribution in [2.75, 3.05) is 26.2 Å². The van der Waals surface area contributed by atoms with E-state index in [1.54, 1.807) is 0 Å². The van der Waals surface area contributed by atoms with Crippen LogP contribution in [0.15, 0.2) is 0 Å². The van der Waals surface area contributed by atoms with Crippen LogP contribution in [0.2, 0.25) is 0 Å². The van der Waals surface area contributed by atoms with Gasteiger partial charge in [-0.15, -0.1) is 12.4 Å². The molecule has 0 spiro atoms. The summed E-state index contributed by atoms with van der Waals surface area (Å²) in [6.45, 7) is 9.84. The smallest absolute Gasteiger partial charge is 0.234 e. The molecular weight excluding hydrogens is 250 g/mol. The highest BCUT2D eigenvalue weighted by Crippen LogP contribution is 2.12. The van der Waals surface area contributed by atoms with Crippen LogP contribution in [-0.4, -0.2) is 49.1 Å². The van der Waals surface area contributed by atoms with Gasteiger partial charge in [-0.3, -0.25) is 9.69 Å². The zero-order valence-electron chi connectivity index (χ0n) is 11.9. The zero-order valence-corrected chi connectivity index (χ0v) is 12.7. The number of amides is 1. The number of hydrogen-bond donors (Lipinski definition) is 2. The Morgan fingerprint density at radius 1 is 1.39 bits per heavy atom. The van der Waals surface area contributed by atoms with E-state index >= 15 is 0 Å². The molecule has 4 nitrogen and oxygen atoms in total. The maximum atomic E-state index is 11.8. The van der Waals surface area contributed by atoms with Gasteiger partial charge in [-0.05, 0) is 52.7 Å². The molecule has 0 aromatic rings. The van der Waals surface area contributed by atoms with Crippen LogP contribution in [-0.2, 0) is 4.79 Å². The Kier molecular flexibility index (Phi) is 9.42. The third-order valence-electron chi connectivity index (χ3n) is 3.26. The Bertz CT molecular complexity index is 228. The van der Waals surface area contributed by atoms with Crippen molar-refractivity contribution in [3.05, 3.63) is 0 Å². The lowest BCUT2D eigenvalue weighted by Crippen LogP contribution is -2.44. The SMILES string of the molecule is CCN(CC(=O)NC(C)C)C1CCCNCC1.Cl. The Morgan fingerprint density at radius 3 is 2.72 bits per heavy atom. The molecular formula is C13H28ClN3O. The van der Waals surface area contributed by atoms with Gasteiger partial charge in [0.15, 0.2) is 0 Å². The number of rotatable bonds is 5. The number of halogens is 1. The normalized spacial score (nSPS) is 20.4. The largest absolute Gasteiger partial charge is 0.353 e. The molecule has 1 amide bonds. The van der Waals surface area contributed by atoms with Gasteiger partial charge in [0.2, 0.25) is 5.91 Å². The standard InChI is InChI=1S/C13H27N3O.ClH/c1-4-16(10-13(17)15-11(2)3)12-6-5-8-14-9-7-12;/h11-12,14H,4-10H2,1-3H3,(H,15,17);1H. The average Bonchev–Trinajstić information content (AvgIpc) is 2.53. The van der Waals surface area contributed by atoms with Crippen molar-refractivity contribution in [1.82, 2.24) is 15.5 Å². The van der Waals surface area contributed by atoms with Gasteiger partial charge in [0.25, 0.3) is 0 Å². The molecule has 0 aliphatic carbocycles. The van der Waals surface area contributed by atoms with E-state index in [1.165, 1.54) is 12.8 Å². The molecule has 1 heterocycles. The first kappa shape index (κ1) is 17.7. The van der Waals surface area contributed by atoms with Crippen molar-refractivity contribution >= 4 is 18.3 Å². The quantitative estimate of drug-likeness (QED) is 0.798. The van der Waals surface area contributed by atoms with Crippen LogP contribution in [0.4, 0.5) is 0 Å². The fraction of sp³-hybridized carbons (Fsp3) is 0.923. The number of hydrogen-bond acceptors (Lipinski definition) is 3. The summed E-state index contributed by atoms with van der Waals surface area (Å²) in [5, 5.41) is 6.38. The van der Waals surface area contributed by atoms with Gasteiger partial charge in [-0.2, -0.15) is 0 Å². The summed E-state index contributed by atoms with van der Waals surface area (Å²) >= 11 is 0. The summed E-state index contributed by atoms with van der Waals surface area (Å²) in [5.74, 6) is 0.152. The minimum absolute atomic E-state index is 0. The number of carbonyl (C=O) groups is 1. The first-order chi connectivity index (χ1) is 8.13. The summed E-state index contributed by atoms with van der Waals surface area (Å²) in [6.07, 6.45) is 3.57. The van der Waals surface area contributed by atoms with E-state index in [-0.39, 0.29) is 24.4 Å². The summed E-state index contributed by atoms with van der Waals surface area (Å²) in [5.41, 5.74) is 0. The molecule has 0 bridgehead atoms. The molecule has 0 aromatic carbocycles. The second kappa shape index (κ2) is 9.59. The van der Waals surface area contributed by atoms with Crippen molar-refractivity contribution in [2.45, 2.75) is 52.1 Å². The fourth-order valence-electron chi connectivity index (χ4n) is 2.42. The van der Waals surface area contributed by atoms with Crippen molar-refractivity contribution in [1.29, 1.82) is 0 Å². The Balaban J connectivity index is 0.00000289. The molecule has 1 atom stereocenters. The number of carbonyl (C=O) groups excluding carboxylic acids is 1. The van der Waals surface area contributed by atoms with E-state index in [0.717, 1.165) is 26.1 Å². The molecule has 2 N–H and O–H groups in total. The Morgan fingerprint density at radius 2 is 2.11 bits per heavy atom. The monoisotopic (exact) mass is 277 g/mol. The molecule has 18 heavy (non-hydrogen) atoms. The van der Waals surface area contributed by atoms with Crippen LogP contribution in [0.3, 0.4) is 0 Å². The fourth-order valence-corrected chi connectivity index (χ4v) is 2.42. The second-order valence-corrected chi connectivity index (χ2v) is 5.12. The number of likely N-dealkylation sites (N-methyl/N-ethyl adjacent to an activating group) is 1. The van der Waals surface area contributed by atoms with Gasteiger partial charge in [-0.1, -0.05) is 6.92 Å². The van der Waals surface area contributed by atoms with Gasteiger partial charge in [-0.25, -0.2) is 0 Å². The van der Waals surface area contributed by atoms with Gasteiger partial charge >= 0.3 is 0 Å². The summed E-state index contributed by atoms with van der Waals surface area (Å²) in [7, 11) is 0. The van der Waals surface area contributed by atoms with E-state index < -0.39 is 0 Å². The van der Waals surface area contributed by atoms with Crippen LogP contribution in [0.5, 0.6) is 0 Å². The van der Waals surface area contributed by atoms with Crippen molar-refractivity contribution in [3.8, 4) is 0 Å². The topological polar surface area (TPSA) is 44.4 Å². The Labute approximate surface area is 117 Å². The predicted molar refractivity (Wildman–Crippen MR) is 78.3 cm³/mol. The van der Waals surface area contributed by atoms with Crippen LogP contribution < -0.4 is 10.6 Å². The first-order valence-corrected chi connectivity index (χ1v) is 6.87. The van der Waals surface area contributed by atoms with Crippen molar-refractivity contribution in [3.63, 3.8) is 0 Å². The zero-order chi connectivity index (χ0) is 12.7. The molecule has 1 aliphatic rings. The summed E-state index contributed by atoms with van der Waals surface area (Å²) in [6, 6.07) is 0.796. The predicted octanol–water partition coefficient (Wildman–Crippen LogP) is 1.40. The van der Waals surface area contributed by atoms with Gasteiger partial charge < -0.3 is 10.6 Å². The van der Waals surface area contributed by atoms with Gasteiger partial charge in [0, 0.05) is 12.1 Å². The lowest BCUT2D eigenvalue weighted by atomic mass is 10.1. The van der Waals surface area contributed by atoms with Gasteiger partial charge in [0.1, 0.15) is 0 Å². The molecule has 108 valence electrons. The lowest BCUT2D eigenvalue weighted by molar-refractivity contribution is -0.123. The average molecular weight is 278 g/mol. The molecule has 1 fully saturated rings. The van der Waals surface area contributed by atoms with Crippen LogP contribution in [0, 0.1) is 0 Å². The molecule has 0 aromatic heterocycles. The molecule has 1 unspecified atom stereocenters. The van der Waals surface area contributed by atoms with Crippen LogP contribution in [0.25, 0.3) is 0 Å². The molecule has 0 radical (unpaired) electrons. The van der Waals surface area contributed by atoms with E-state index in [2.05, 4.69) is 22.5 Å². The van der Waals surface area contributed by atoms with Crippen molar-refractivity contribution in [2.24, 2.45) is 0 Å². The molecule has 0 saturated carbocycles. The first-order valence-electron chi connectivity index (χ1n) is 6.87. The minimum atomic E-state index is 0. The molecule has 1 rings (SSSR count). The summed E-state index contributed by atoms with van der Waals surface area (Å²) in [4.78, 5) is 14.1. The van der Waals surface area contributed by atoms with E-state index in [0.29, 0.717) is 12.6 Å². The van der Waals surface area contributed by atoms with Crippen molar-refractivity contribution < 1.29 is 4.79 Å². The number of nitrogens with one attached hydrogen (secondary N) is 2. The summed E-state index contributed by atoms with van der Waals surface area (Å²) < 4.78 is 0. The van der Waals surface area contributed by atoms with Crippen LogP contribution >= 0.6 is 12.4 Å².